The summed E-state index contributed by atoms with van der Waals surface area (Å²) in [6.07, 6.45) is 21.2. The number of carbonyl (C=O) groups excluding carboxylic acids is 1. The Kier molecular flexibility index (Phi) is 16.4. The van der Waals surface area contributed by atoms with Crippen molar-refractivity contribution in [3.8, 4) is 0 Å². The van der Waals surface area contributed by atoms with Crippen molar-refractivity contribution in [2.45, 2.75) is 110 Å². The zero-order valence-electron chi connectivity index (χ0n) is 14.2. The van der Waals surface area contributed by atoms with Gasteiger partial charge in [-0.05, 0) is 12.8 Å². The van der Waals surface area contributed by atoms with Crippen molar-refractivity contribution in [1.82, 2.24) is 0 Å². The summed E-state index contributed by atoms with van der Waals surface area (Å²) in [6.45, 7) is 4.44. The van der Waals surface area contributed by atoms with Crippen LogP contribution in [-0.4, -0.2) is 6.29 Å². The van der Waals surface area contributed by atoms with Crippen molar-refractivity contribution in [3.63, 3.8) is 0 Å². The highest BCUT2D eigenvalue weighted by atomic mass is 16.1. The first kappa shape index (κ1) is 19.7. The van der Waals surface area contributed by atoms with Gasteiger partial charge in [-0.25, -0.2) is 0 Å². The first-order chi connectivity index (χ1) is 9.85. The van der Waals surface area contributed by atoms with E-state index in [2.05, 4.69) is 13.8 Å². The quantitative estimate of drug-likeness (QED) is 0.227. The second kappa shape index (κ2) is 16.7. The summed E-state index contributed by atoms with van der Waals surface area (Å²) in [4.78, 5) is 10.8. The molecule has 1 unspecified atom stereocenters. The summed E-state index contributed by atoms with van der Waals surface area (Å²) in [6, 6.07) is 0. The molecule has 0 amide bonds. The van der Waals surface area contributed by atoms with Gasteiger partial charge in [0.15, 0.2) is 0 Å². The number of hydrogen-bond acceptors (Lipinski definition) is 1. The van der Waals surface area contributed by atoms with Gasteiger partial charge in [0.2, 0.25) is 0 Å². The van der Waals surface area contributed by atoms with Gasteiger partial charge in [-0.15, -0.1) is 0 Å². The van der Waals surface area contributed by atoms with E-state index in [1.807, 2.05) is 0 Å². The Labute approximate surface area is 127 Å². The lowest BCUT2D eigenvalue weighted by Crippen LogP contribution is -2.01. The highest BCUT2D eigenvalue weighted by molar-refractivity contribution is 5.53. The molecular formula is C19H38O. The van der Waals surface area contributed by atoms with Crippen molar-refractivity contribution < 1.29 is 4.79 Å². The van der Waals surface area contributed by atoms with Crippen molar-refractivity contribution in [2.24, 2.45) is 5.92 Å². The van der Waals surface area contributed by atoms with Crippen LogP contribution in [0, 0.1) is 5.92 Å². The third-order valence-corrected chi connectivity index (χ3v) is 4.28. The SMILES string of the molecule is CCCCCCCCCCCCCCC(C=O)CCC. The molecule has 0 bridgehead atoms. The van der Waals surface area contributed by atoms with Gasteiger partial charge in [0.05, 0.1) is 0 Å². The Bertz CT molecular complexity index is 188. The van der Waals surface area contributed by atoms with Gasteiger partial charge >= 0.3 is 0 Å². The molecule has 0 aliphatic carbocycles. The lowest BCUT2D eigenvalue weighted by atomic mass is 9.97. The van der Waals surface area contributed by atoms with E-state index in [1.54, 1.807) is 0 Å². The average Bonchev–Trinajstić information content (AvgIpc) is 2.47. The molecule has 0 radical (unpaired) electrons. The second-order valence-electron chi connectivity index (χ2n) is 6.36. The molecule has 0 saturated heterocycles. The van der Waals surface area contributed by atoms with Crippen LogP contribution < -0.4 is 0 Å². The molecule has 0 N–H and O–H groups in total. The molecule has 0 aliphatic rings. The summed E-state index contributed by atoms with van der Waals surface area (Å²) in [5, 5.41) is 0. The number of carbonyl (C=O) groups is 1. The minimum absolute atomic E-state index is 0.336. The molecule has 1 atom stereocenters. The van der Waals surface area contributed by atoms with E-state index in [9.17, 15) is 4.79 Å². The molecule has 0 fully saturated rings. The Morgan fingerprint density at radius 2 is 1.05 bits per heavy atom. The summed E-state index contributed by atoms with van der Waals surface area (Å²) >= 11 is 0. The van der Waals surface area contributed by atoms with Crippen LogP contribution in [0.2, 0.25) is 0 Å². The molecule has 1 nitrogen and oxygen atoms in total. The number of rotatable bonds is 16. The lowest BCUT2D eigenvalue weighted by Gasteiger charge is -2.08. The van der Waals surface area contributed by atoms with Crippen LogP contribution in [0.3, 0.4) is 0 Å². The van der Waals surface area contributed by atoms with Crippen LogP contribution in [0.1, 0.15) is 110 Å². The zero-order chi connectivity index (χ0) is 14.9. The molecule has 20 heavy (non-hydrogen) atoms. The van der Waals surface area contributed by atoms with E-state index in [0.717, 1.165) is 19.3 Å². The van der Waals surface area contributed by atoms with E-state index in [-0.39, 0.29) is 0 Å². The molecule has 120 valence electrons. The average molecular weight is 283 g/mol. The van der Waals surface area contributed by atoms with Crippen molar-refractivity contribution >= 4 is 6.29 Å². The molecule has 0 aromatic rings. The Morgan fingerprint density at radius 1 is 0.600 bits per heavy atom. The normalized spacial score (nSPS) is 12.5. The predicted molar refractivity (Wildman–Crippen MR) is 90.2 cm³/mol. The van der Waals surface area contributed by atoms with Crippen LogP contribution in [0.5, 0.6) is 0 Å². The maximum Gasteiger partial charge on any atom is 0.123 e. The molecule has 0 heterocycles. The third-order valence-electron chi connectivity index (χ3n) is 4.28. The Morgan fingerprint density at radius 3 is 1.45 bits per heavy atom. The standard InChI is InChI=1S/C19H38O/c1-3-5-6-7-8-9-10-11-12-13-14-15-17-19(18-20)16-4-2/h18-19H,3-17H2,1-2H3. The van der Waals surface area contributed by atoms with Gasteiger partial charge in [-0.1, -0.05) is 97.3 Å². The first-order valence-electron chi connectivity index (χ1n) is 9.30. The number of aldehydes is 1. The third kappa shape index (κ3) is 14.1. The zero-order valence-corrected chi connectivity index (χ0v) is 14.2. The van der Waals surface area contributed by atoms with E-state index in [1.165, 1.54) is 83.3 Å². The number of hydrogen-bond donors (Lipinski definition) is 0. The van der Waals surface area contributed by atoms with Crippen LogP contribution in [0.15, 0.2) is 0 Å². The van der Waals surface area contributed by atoms with Gasteiger partial charge in [-0.2, -0.15) is 0 Å². The fraction of sp³-hybridized carbons (Fsp3) is 0.947. The molecule has 0 aliphatic heterocycles. The van der Waals surface area contributed by atoms with Crippen LogP contribution in [-0.2, 0) is 4.79 Å². The van der Waals surface area contributed by atoms with Gasteiger partial charge in [0.1, 0.15) is 6.29 Å². The fourth-order valence-corrected chi connectivity index (χ4v) is 2.90. The van der Waals surface area contributed by atoms with Crippen LogP contribution in [0.25, 0.3) is 0 Å². The van der Waals surface area contributed by atoms with E-state index in [0.29, 0.717) is 5.92 Å². The largest absolute Gasteiger partial charge is 0.303 e. The van der Waals surface area contributed by atoms with E-state index >= 15 is 0 Å². The fourth-order valence-electron chi connectivity index (χ4n) is 2.90. The van der Waals surface area contributed by atoms with E-state index in [4.69, 9.17) is 0 Å². The van der Waals surface area contributed by atoms with Crippen LogP contribution in [0.4, 0.5) is 0 Å². The lowest BCUT2D eigenvalue weighted by molar-refractivity contribution is -0.111. The minimum Gasteiger partial charge on any atom is -0.303 e. The molecule has 0 spiro atoms. The Balaban J connectivity index is 3.11. The summed E-state index contributed by atoms with van der Waals surface area (Å²) in [5.41, 5.74) is 0. The molecule has 1 heteroatoms. The van der Waals surface area contributed by atoms with E-state index < -0.39 is 0 Å². The maximum atomic E-state index is 10.8. The summed E-state index contributed by atoms with van der Waals surface area (Å²) in [5.74, 6) is 0.336. The molecule has 0 saturated carbocycles. The first-order valence-corrected chi connectivity index (χ1v) is 9.30. The number of unbranched alkanes of at least 4 members (excludes halogenated alkanes) is 11. The second-order valence-corrected chi connectivity index (χ2v) is 6.36. The monoisotopic (exact) mass is 282 g/mol. The highest BCUT2D eigenvalue weighted by Crippen LogP contribution is 2.16. The summed E-state index contributed by atoms with van der Waals surface area (Å²) < 4.78 is 0. The topological polar surface area (TPSA) is 17.1 Å². The highest BCUT2D eigenvalue weighted by Gasteiger charge is 2.04. The predicted octanol–water partition coefficient (Wildman–Crippen LogP) is 6.69. The maximum absolute atomic E-state index is 10.8. The van der Waals surface area contributed by atoms with Crippen molar-refractivity contribution in [2.75, 3.05) is 0 Å². The Hall–Kier alpha value is -0.330. The molecule has 0 rings (SSSR count). The minimum atomic E-state index is 0.336. The molecular weight excluding hydrogens is 244 g/mol. The smallest absolute Gasteiger partial charge is 0.123 e. The summed E-state index contributed by atoms with van der Waals surface area (Å²) in [7, 11) is 0. The van der Waals surface area contributed by atoms with Gasteiger partial charge in [0.25, 0.3) is 0 Å². The van der Waals surface area contributed by atoms with Crippen LogP contribution >= 0.6 is 0 Å². The van der Waals surface area contributed by atoms with Gasteiger partial charge in [0, 0.05) is 5.92 Å². The van der Waals surface area contributed by atoms with Gasteiger partial charge in [-0.3, -0.25) is 0 Å². The molecule has 0 aromatic heterocycles. The van der Waals surface area contributed by atoms with Gasteiger partial charge < -0.3 is 4.79 Å². The van der Waals surface area contributed by atoms with Crippen molar-refractivity contribution in [1.29, 1.82) is 0 Å². The van der Waals surface area contributed by atoms with Crippen molar-refractivity contribution in [3.05, 3.63) is 0 Å². The molecule has 0 aromatic carbocycles.